The molecule has 100 valence electrons. The smallest absolute Gasteiger partial charge is 0.295 e. The number of fused-ring (bicyclic) bond motifs is 1. The highest BCUT2D eigenvalue weighted by atomic mass is 32.1. The zero-order valence-corrected chi connectivity index (χ0v) is 12.2. The number of benzene rings is 1. The number of hydrogen-bond donors (Lipinski definition) is 2. The molecule has 0 saturated heterocycles. The lowest BCUT2D eigenvalue weighted by atomic mass is 10.2. The average molecular weight is 276 g/mol. The van der Waals surface area contributed by atoms with E-state index in [0.717, 1.165) is 15.5 Å². The maximum Gasteiger partial charge on any atom is 0.295 e. The van der Waals surface area contributed by atoms with Gasteiger partial charge in [-0.3, -0.25) is 4.79 Å². The summed E-state index contributed by atoms with van der Waals surface area (Å²) < 4.78 is 1.23. The van der Waals surface area contributed by atoms with Gasteiger partial charge in [-0.2, -0.15) is 5.10 Å². The fourth-order valence-corrected chi connectivity index (χ4v) is 2.73. The summed E-state index contributed by atoms with van der Waals surface area (Å²) in [6.45, 7) is 2.33. The van der Waals surface area contributed by atoms with Crippen LogP contribution in [0.25, 0.3) is 10.1 Å². The van der Waals surface area contributed by atoms with Gasteiger partial charge in [0.25, 0.3) is 5.91 Å². The van der Waals surface area contributed by atoms with Gasteiger partial charge in [-0.05, 0) is 24.4 Å². The van der Waals surface area contributed by atoms with Gasteiger partial charge < -0.3 is 4.90 Å². The Hall–Kier alpha value is -1.72. The molecule has 1 heterocycles. The van der Waals surface area contributed by atoms with Crippen LogP contribution in [0.4, 0.5) is 0 Å². The van der Waals surface area contributed by atoms with Crippen molar-refractivity contribution in [2.24, 2.45) is 5.10 Å². The Labute approximate surface area is 116 Å². The molecule has 2 N–H and O–H groups in total. The largest absolute Gasteiger partial charge is 0.332 e. The van der Waals surface area contributed by atoms with E-state index in [1.165, 1.54) is 10.1 Å². The second kappa shape index (κ2) is 5.95. The first-order chi connectivity index (χ1) is 9.06. The molecule has 4 nitrogen and oxygen atoms in total. The summed E-state index contributed by atoms with van der Waals surface area (Å²) in [6.07, 6.45) is 0. The number of likely N-dealkylation sites (N-methyl/N-ethyl adjacent to an activating group) is 1. The summed E-state index contributed by atoms with van der Waals surface area (Å²) >= 11 is 1.68. The Morgan fingerprint density at radius 1 is 1.37 bits per heavy atom. The summed E-state index contributed by atoms with van der Waals surface area (Å²) in [6, 6.07) is 10.3. The summed E-state index contributed by atoms with van der Waals surface area (Å²) in [4.78, 5) is 13.7. The third kappa shape index (κ3) is 3.62. The molecule has 0 fully saturated rings. The second-order valence-corrected chi connectivity index (χ2v) is 5.85. The van der Waals surface area contributed by atoms with E-state index < -0.39 is 0 Å². The molecule has 1 amide bonds. The van der Waals surface area contributed by atoms with Crippen molar-refractivity contribution in [3.63, 3.8) is 0 Å². The molecule has 0 spiro atoms. The number of thiophene rings is 1. The predicted octanol–water partition coefficient (Wildman–Crippen LogP) is 0.886. The molecule has 19 heavy (non-hydrogen) atoms. The van der Waals surface area contributed by atoms with Gasteiger partial charge in [0.2, 0.25) is 0 Å². The van der Waals surface area contributed by atoms with Crippen molar-refractivity contribution in [2.45, 2.75) is 6.92 Å². The summed E-state index contributed by atoms with van der Waals surface area (Å²) in [5.74, 6) is -0.0690. The van der Waals surface area contributed by atoms with Gasteiger partial charge in [0.05, 0.1) is 24.7 Å². The van der Waals surface area contributed by atoms with Crippen molar-refractivity contribution in [3.05, 3.63) is 35.2 Å². The third-order valence-corrected chi connectivity index (χ3v) is 3.87. The van der Waals surface area contributed by atoms with E-state index >= 15 is 0 Å². The lowest BCUT2D eigenvalue weighted by Crippen LogP contribution is -3.07. The Morgan fingerprint density at radius 3 is 2.79 bits per heavy atom. The Morgan fingerprint density at radius 2 is 2.11 bits per heavy atom. The average Bonchev–Trinajstić information content (AvgIpc) is 2.78. The first-order valence-electron chi connectivity index (χ1n) is 6.17. The minimum atomic E-state index is -0.0690. The van der Waals surface area contributed by atoms with Crippen LogP contribution in [0.2, 0.25) is 0 Å². The van der Waals surface area contributed by atoms with Gasteiger partial charge in [-0.25, -0.2) is 5.43 Å². The lowest BCUT2D eigenvalue weighted by Gasteiger charge is -2.05. The summed E-state index contributed by atoms with van der Waals surface area (Å²) in [5.41, 5.74) is 3.43. The fraction of sp³-hybridized carbons (Fsp3) is 0.286. The number of nitrogens with zero attached hydrogens (tertiary/aromatic N) is 1. The highest BCUT2D eigenvalue weighted by molar-refractivity contribution is 7.20. The molecule has 2 rings (SSSR count). The predicted molar refractivity (Wildman–Crippen MR) is 79.9 cm³/mol. The number of nitrogens with one attached hydrogen (secondary N) is 2. The van der Waals surface area contributed by atoms with Crippen LogP contribution >= 0.6 is 11.3 Å². The maximum atomic E-state index is 11.5. The molecule has 1 aromatic carbocycles. The number of amides is 1. The zero-order chi connectivity index (χ0) is 13.8. The second-order valence-electron chi connectivity index (χ2n) is 4.76. The van der Waals surface area contributed by atoms with Crippen LogP contribution in [0.15, 0.2) is 35.4 Å². The van der Waals surface area contributed by atoms with Crippen molar-refractivity contribution in [1.82, 2.24) is 5.43 Å². The normalized spacial score (nSPS) is 12.1. The van der Waals surface area contributed by atoms with E-state index in [2.05, 4.69) is 28.7 Å². The van der Waals surface area contributed by atoms with Gasteiger partial charge in [-0.15, -0.1) is 11.3 Å². The molecular weight excluding hydrogens is 258 g/mol. The van der Waals surface area contributed by atoms with Crippen LogP contribution in [0.1, 0.15) is 11.8 Å². The molecule has 0 atom stereocenters. The van der Waals surface area contributed by atoms with Gasteiger partial charge in [-0.1, -0.05) is 18.2 Å². The molecule has 1 aromatic heterocycles. The van der Waals surface area contributed by atoms with Crippen LogP contribution in [0, 0.1) is 0 Å². The number of hydrazone groups is 1. The first kappa shape index (κ1) is 13.7. The molecule has 0 aliphatic rings. The van der Waals surface area contributed by atoms with Crippen LogP contribution in [0.3, 0.4) is 0 Å². The highest BCUT2D eigenvalue weighted by Crippen LogP contribution is 2.25. The Bertz CT molecular complexity index is 583. The van der Waals surface area contributed by atoms with E-state index in [4.69, 9.17) is 0 Å². The van der Waals surface area contributed by atoms with Gasteiger partial charge >= 0.3 is 0 Å². The van der Waals surface area contributed by atoms with Gasteiger partial charge in [0.15, 0.2) is 6.54 Å². The number of rotatable bonds is 4. The molecular formula is C14H18N3OS+. The van der Waals surface area contributed by atoms with E-state index in [9.17, 15) is 4.79 Å². The van der Waals surface area contributed by atoms with Crippen molar-refractivity contribution >= 4 is 33.0 Å². The summed E-state index contributed by atoms with van der Waals surface area (Å²) in [7, 11) is 3.87. The topological polar surface area (TPSA) is 45.9 Å². The zero-order valence-electron chi connectivity index (χ0n) is 11.4. The third-order valence-electron chi connectivity index (χ3n) is 2.64. The van der Waals surface area contributed by atoms with Crippen molar-refractivity contribution in [2.75, 3.05) is 20.6 Å². The number of hydrogen-bond acceptors (Lipinski definition) is 3. The van der Waals surface area contributed by atoms with Crippen LogP contribution in [-0.4, -0.2) is 32.3 Å². The van der Waals surface area contributed by atoms with Gasteiger partial charge in [0, 0.05) is 4.70 Å². The molecule has 0 saturated carbocycles. The van der Waals surface area contributed by atoms with Crippen LogP contribution in [-0.2, 0) is 4.79 Å². The number of carbonyl (C=O) groups excluding carboxylic acids is 1. The maximum absolute atomic E-state index is 11.5. The van der Waals surface area contributed by atoms with Crippen molar-refractivity contribution < 1.29 is 9.69 Å². The van der Waals surface area contributed by atoms with E-state index in [1.807, 2.05) is 33.2 Å². The Balaban J connectivity index is 2.10. The first-order valence-corrected chi connectivity index (χ1v) is 6.99. The fourth-order valence-electron chi connectivity index (χ4n) is 1.72. The van der Waals surface area contributed by atoms with Crippen LogP contribution < -0.4 is 10.3 Å². The standard InChI is InChI=1S/C14H17N3OS/c1-10(15-16-14(18)9-17(2)3)13-8-11-6-4-5-7-12(11)19-13/h4-8H,9H2,1-3H3,(H,16,18)/p+1/b15-10+. The van der Waals surface area contributed by atoms with E-state index in [0.29, 0.717) is 6.54 Å². The Kier molecular flexibility index (Phi) is 4.29. The molecule has 0 bridgehead atoms. The van der Waals surface area contributed by atoms with Gasteiger partial charge in [0.1, 0.15) is 0 Å². The molecule has 0 aliphatic carbocycles. The molecule has 2 aromatic rings. The molecule has 0 unspecified atom stereocenters. The number of carbonyl (C=O) groups is 1. The summed E-state index contributed by atoms with van der Waals surface area (Å²) in [5, 5.41) is 5.37. The lowest BCUT2D eigenvalue weighted by molar-refractivity contribution is -0.849. The quantitative estimate of drug-likeness (QED) is 0.632. The minimum absolute atomic E-state index is 0.0690. The monoisotopic (exact) mass is 276 g/mol. The molecule has 0 radical (unpaired) electrons. The van der Waals surface area contributed by atoms with E-state index in [-0.39, 0.29) is 5.91 Å². The van der Waals surface area contributed by atoms with Crippen molar-refractivity contribution in [1.29, 1.82) is 0 Å². The number of quaternary nitrogens is 1. The molecule has 0 aliphatic heterocycles. The van der Waals surface area contributed by atoms with Crippen molar-refractivity contribution in [3.8, 4) is 0 Å². The minimum Gasteiger partial charge on any atom is -0.332 e. The van der Waals surface area contributed by atoms with Crippen LogP contribution in [0.5, 0.6) is 0 Å². The SMILES string of the molecule is C/C(=N\NC(=O)C[NH+](C)C)c1cc2ccccc2s1. The highest BCUT2D eigenvalue weighted by Gasteiger charge is 2.07. The molecule has 5 heteroatoms. The van der Waals surface area contributed by atoms with E-state index in [1.54, 1.807) is 11.3 Å².